The summed E-state index contributed by atoms with van der Waals surface area (Å²) in [4.78, 5) is 24.9. The minimum absolute atomic E-state index is 0.0760. The highest BCUT2D eigenvalue weighted by atomic mass is 16.4. The predicted octanol–water partition coefficient (Wildman–Crippen LogP) is 0.879. The Kier molecular flexibility index (Phi) is 6.08. The van der Waals surface area contributed by atoms with E-state index >= 15 is 0 Å². The number of carboxylic acids is 1. The van der Waals surface area contributed by atoms with Gasteiger partial charge in [-0.3, -0.25) is 4.79 Å². The number of urea groups is 1. The quantitative estimate of drug-likeness (QED) is 0.670. The number of aliphatic carboxylic acids is 1. The van der Waals surface area contributed by atoms with Crippen molar-refractivity contribution < 1.29 is 14.7 Å². The summed E-state index contributed by atoms with van der Waals surface area (Å²) in [6, 6.07) is -0.421. The Labute approximate surface area is 114 Å². The van der Waals surface area contributed by atoms with Crippen LogP contribution in [0.1, 0.15) is 32.6 Å². The molecule has 0 aromatic rings. The smallest absolute Gasteiger partial charge is 0.315 e. The SMILES string of the molecule is CC(CCN(C)C)NC(=O)NC1CCCC1C(=O)O. The van der Waals surface area contributed by atoms with Crippen molar-refractivity contribution in [1.82, 2.24) is 15.5 Å². The molecule has 2 amide bonds. The number of hydrogen-bond acceptors (Lipinski definition) is 3. The lowest BCUT2D eigenvalue weighted by Crippen LogP contribution is -2.48. The highest BCUT2D eigenvalue weighted by Crippen LogP contribution is 2.25. The molecule has 0 aromatic carbocycles. The van der Waals surface area contributed by atoms with Crippen molar-refractivity contribution in [2.24, 2.45) is 5.92 Å². The van der Waals surface area contributed by atoms with Crippen molar-refractivity contribution in [1.29, 1.82) is 0 Å². The third-order valence-corrected chi connectivity index (χ3v) is 3.54. The molecule has 3 atom stereocenters. The second-order valence-corrected chi connectivity index (χ2v) is 5.59. The van der Waals surface area contributed by atoms with Crippen molar-refractivity contribution in [3.05, 3.63) is 0 Å². The van der Waals surface area contributed by atoms with E-state index in [1.807, 2.05) is 21.0 Å². The first-order chi connectivity index (χ1) is 8.90. The van der Waals surface area contributed by atoms with Gasteiger partial charge in [0.15, 0.2) is 0 Å². The Morgan fingerprint density at radius 3 is 2.63 bits per heavy atom. The van der Waals surface area contributed by atoms with Gasteiger partial charge in [-0.05, 0) is 46.8 Å². The van der Waals surface area contributed by atoms with E-state index in [1.165, 1.54) is 0 Å². The summed E-state index contributed by atoms with van der Waals surface area (Å²) in [5.74, 6) is -1.26. The zero-order chi connectivity index (χ0) is 14.4. The molecular weight excluding hydrogens is 246 g/mol. The average molecular weight is 271 g/mol. The molecule has 0 aromatic heterocycles. The Bertz CT molecular complexity index is 320. The molecule has 1 aliphatic carbocycles. The molecule has 3 N–H and O–H groups in total. The minimum Gasteiger partial charge on any atom is -0.481 e. The van der Waals surface area contributed by atoms with E-state index in [9.17, 15) is 9.59 Å². The van der Waals surface area contributed by atoms with Crippen LogP contribution in [-0.4, -0.2) is 54.7 Å². The first kappa shape index (κ1) is 15.8. The molecule has 0 spiro atoms. The third-order valence-electron chi connectivity index (χ3n) is 3.54. The van der Waals surface area contributed by atoms with Crippen molar-refractivity contribution in [2.75, 3.05) is 20.6 Å². The summed E-state index contributed by atoms with van der Waals surface area (Å²) in [6.45, 7) is 2.86. The first-order valence-corrected chi connectivity index (χ1v) is 6.84. The fraction of sp³-hybridized carbons (Fsp3) is 0.846. The molecule has 0 saturated heterocycles. The average Bonchev–Trinajstić information content (AvgIpc) is 2.74. The molecule has 1 rings (SSSR count). The maximum atomic E-state index is 11.8. The number of nitrogens with one attached hydrogen (secondary N) is 2. The fourth-order valence-corrected chi connectivity index (χ4v) is 2.39. The molecule has 0 bridgehead atoms. The third kappa shape index (κ3) is 5.46. The maximum absolute atomic E-state index is 11.8. The Morgan fingerprint density at radius 1 is 1.37 bits per heavy atom. The molecule has 0 radical (unpaired) electrons. The lowest BCUT2D eigenvalue weighted by atomic mass is 10.0. The molecule has 3 unspecified atom stereocenters. The van der Waals surface area contributed by atoms with Crippen molar-refractivity contribution in [3.63, 3.8) is 0 Å². The van der Waals surface area contributed by atoms with Crippen LogP contribution in [-0.2, 0) is 4.79 Å². The number of hydrogen-bond donors (Lipinski definition) is 3. The second kappa shape index (κ2) is 7.33. The highest BCUT2D eigenvalue weighted by Gasteiger charge is 2.33. The van der Waals surface area contributed by atoms with Gasteiger partial charge < -0.3 is 20.6 Å². The van der Waals surface area contributed by atoms with E-state index < -0.39 is 11.9 Å². The normalized spacial score (nSPS) is 24.2. The van der Waals surface area contributed by atoms with Crippen molar-refractivity contribution in [3.8, 4) is 0 Å². The Balaban J connectivity index is 2.32. The van der Waals surface area contributed by atoms with Gasteiger partial charge in [-0.2, -0.15) is 0 Å². The largest absolute Gasteiger partial charge is 0.481 e. The standard InChI is InChI=1S/C13H25N3O3/c1-9(7-8-16(2)3)14-13(19)15-11-6-4-5-10(11)12(17)18/h9-11H,4-8H2,1-3H3,(H,17,18)(H2,14,15,19). The lowest BCUT2D eigenvalue weighted by molar-refractivity contribution is -0.142. The molecule has 1 aliphatic rings. The molecular formula is C13H25N3O3. The molecule has 1 fully saturated rings. The zero-order valence-electron chi connectivity index (χ0n) is 12.0. The van der Waals surface area contributed by atoms with E-state index in [1.54, 1.807) is 0 Å². The number of carbonyl (C=O) groups is 2. The molecule has 0 aliphatic heterocycles. The minimum atomic E-state index is -0.816. The fourth-order valence-electron chi connectivity index (χ4n) is 2.39. The molecule has 19 heavy (non-hydrogen) atoms. The summed E-state index contributed by atoms with van der Waals surface area (Å²) in [6.07, 6.45) is 3.12. The molecule has 0 heterocycles. The second-order valence-electron chi connectivity index (χ2n) is 5.59. The van der Waals surface area contributed by atoms with Crippen LogP contribution in [0.4, 0.5) is 4.79 Å². The highest BCUT2D eigenvalue weighted by molar-refractivity contribution is 5.77. The van der Waals surface area contributed by atoms with Crippen LogP contribution in [0.25, 0.3) is 0 Å². The summed E-state index contributed by atoms with van der Waals surface area (Å²) >= 11 is 0. The number of amides is 2. The first-order valence-electron chi connectivity index (χ1n) is 6.84. The van der Waals surface area contributed by atoms with Gasteiger partial charge in [-0.25, -0.2) is 4.79 Å². The van der Waals surface area contributed by atoms with Crippen LogP contribution in [0.15, 0.2) is 0 Å². The van der Waals surface area contributed by atoms with E-state index in [2.05, 4.69) is 15.5 Å². The summed E-state index contributed by atoms with van der Waals surface area (Å²) in [7, 11) is 3.98. The number of rotatable bonds is 6. The van der Waals surface area contributed by atoms with E-state index in [-0.39, 0.29) is 18.1 Å². The molecule has 1 saturated carbocycles. The van der Waals surface area contributed by atoms with Gasteiger partial charge >= 0.3 is 12.0 Å². The Morgan fingerprint density at radius 2 is 2.05 bits per heavy atom. The van der Waals surface area contributed by atoms with Crippen LogP contribution in [0, 0.1) is 5.92 Å². The van der Waals surface area contributed by atoms with Crippen molar-refractivity contribution in [2.45, 2.75) is 44.7 Å². The van der Waals surface area contributed by atoms with Crippen LogP contribution >= 0.6 is 0 Å². The number of nitrogens with zero attached hydrogens (tertiary/aromatic N) is 1. The van der Waals surface area contributed by atoms with Gasteiger partial charge in [-0.1, -0.05) is 6.42 Å². The van der Waals surface area contributed by atoms with E-state index in [4.69, 9.17) is 5.11 Å². The van der Waals surface area contributed by atoms with E-state index in [0.717, 1.165) is 25.8 Å². The lowest BCUT2D eigenvalue weighted by Gasteiger charge is -2.21. The van der Waals surface area contributed by atoms with Gasteiger partial charge in [0.2, 0.25) is 0 Å². The Hall–Kier alpha value is -1.30. The van der Waals surface area contributed by atoms with Gasteiger partial charge in [0.05, 0.1) is 5.92 Å². The van der Waals surface area contributed by atoms with Gasteiger partial charge in [0.25, 0.3) is 0 Å². The summed E-state index contributed by atoms with van der Waals surface area (Å²) in [5, 5.41) is 14.7. The van der Waals surface area contributed by atoms with Crippen LogP contribution in [0.3, 0.4) is 0 Å². The number of carbonyl (C=O) groups excluding carboxylic acids is 1. The van der Waals surface area contributed by atoms with Gasteiger partial charge in [-0.15, -0.1) is 0 Å². The van der Waals surface area contributed by atoms with Crippen LogP contribution < -0.4 is 10.6 Å². The summed E-state index contributed by atoms with van der Waals surface area (Å²) < 4.78 is 0. The van der Waals surface area contributed by atoms with Crippen LogP contribution in [0.5, 0.6) is 0 Å². The monoisotopic (exact) mass is 271 g/mol. The van der Waals surface area contributed by atoms with Gasteiger partial charge in [0, 0.05) is 12.1 Å². The zero-order valence-corrected chi connectivity index (χ0v) is 12.0. The van der Waals surface area contributed by atoms with E-state index in [0.29, 0.717) is 6.42 Å². The molecule has 110 valence electrons. The molecule has 6 heteroatoms. The summed E-state index contributed by atoms with van der Waals surface area (Å²) in [5.41, 5.74) is 0. The topological polar surface area (TPSA) is 81.7 Å². The molecule has 6 nitrogen and oxygen atoms in total. The maximum Gasteiger partial charge on any atom is 0.315 e. The number of carboxylic acid groups (broad SMARTS) is 1. The van der Waals surface area contributed by atoms with Crippen LogP contribution in [0.2, 0.25) is 0 Å². The van der Waals surface area contributed by atoms with Crippen molar-refractivity contribution >= 4 is 12.0 Å². The van der Waals surface area contributed by atoms with Gasteiger partial charge in [0.1, 0.15) is 0 Å². The predicted molar refractivity (Wildman–Crippen MR) is 73.1 cm³/mol.